The SMILES string of the molecule is CCOc1nc(-c2ccccc2O)nc(-c2cc3c(c4ccccc24)-c2ccccc2C3(C)C)n1. The van der Waals surface area contributed by atoms with Crippen LogP contribution in [0.2, 0.25) is 0 Å². The van der Waals surface area contributed by atoms with E-state index in [1.807, 2.05) is 19.1 Å². The second-order valence-corrected chi connectivity index (χ2v) is 9.28. The number of ether oxygens (including phenoxy) is 1. The molecule has 5 nitrogen and oxygen atoms in total. The number of aromatic hydroxyl groups is 1. The van der Waals surface area contributed by atoms with Crippen molar-refractivity contribution in [1.29, 1.82) is 0 Å². The fraction of sp³-hybridized carbons (Fsp3) is 0.167. The van der Waals surface area contributed by atoms with Gasteiger partial charge in [-0.3, -0.25) is 0 Å². The Morgan fingerprint density at radius 1 is 0.714 bits per heavy atom. The van der Waals surface area contributed by atoms with E-state index in [4.69, 9.17) is 14.7 Å². The van der Waals surface area contributed by atoms with Gasteiger partial charge in [-0.2, -0.15) is 9.97 Å². The number of fused-ring (bicyclic) bond motifs is 5. The quantitative estimate of drug-likeness (QED) is 0.321. The van der Waals surface area contributed by atoms with Crippen LogP contribution >= 0.6 is 0 Å². The first kappa shape index (κ1) is 21.3. The van der Waals surface area contributed by atoms with Crippen LogP contribution in [0.4, 0.5) is 0 Å². The monoisotopic (exact) mass is 459 g/mol. The van der Waals surface area contributed by atoms with Crippen molar-refractivity contribution in [2.75, 3.05) is 6.61 Å². The summed E-state index contributed by atoms with van der Waals surface area (Å²) in [5.41, 5.74) is 6.39. The highest BCUT2D eigenvalue weighted by Gasteiger charge is 2.37. The number of nitrogens with zero attached hydrogens (tertiary/aromatic N) is 3. The lowest BCUT2D eigenvalue weighted by atomic mass is 9.81. The van der Waals surface area contributed by atoms with Crippen LogP contribution < -0.4 is 4.74 Å². The van der Waals surface area contributed by atoms with Crippen molar-refractivity contribution in [2.24, 2.45) is 0 Å². The molecule has 1 aromatic heterocycles. The largest absolute Gasteiger partial charge is 0.507 e. The number of aromatic nitrogens is 3. The molecule has 4 aromatic carbocycles. The molecule has 6 rings (SSSR count). The minimum absolute atomic E-state index is 0.113. The van der Waals surface area contributed by atoms with Gasteiger partial charge in [-0.25, -0.2) is 4.98 Å². The first-order valence-corrected chi connectivity index (χ1v) is 11.8. The number of hydrogen-bond donors (Lipinski definition) is 1. The molecule has 5 heteroatoms. The predicted octanol–water partition coefficient (Wildman–Crippen LogP) is 6.77. The molecule has 5 aromatic rings. The van der Waals surface area contributed by atoms with Crippen molar-refractivity contribution in [1.82, 2.24) is 15.0 Å². The van der Waals surface area contributed by atoms with E-state index >= 15 is 0 Å². The highest BCUT2D eigenvalue weighted by Crippen LogP contribution is 2.52. The molecule has 1 heterocycles. The topological polar surface area (TPSA) is 68.1 Å². The zero-order valence-corrected chi connectivity index (χ0v) is 19.9. The summed E-state index contributed by atoms with van der Waals surface area (Å²) in [7, 11) is 0. The van der Waals surface area contributed by atoms with Crippen LogP contribution in [0.3, 0.4) is 0 Å². The first-order valence-electron chi connectivity index (χ1n) is 11.8. The Hall–Kier alpha value is -4.25. The van der Waals surface area contributed by atoms with E-state index in [-0.39, 0.29) is 17.2 Å². The second-order valence-electron chi connectivity index (χ2n) is 9.28. The first-order chi connectivity index (χ1) is 17.0. The molecule has 1 aliphatic carbocycles. The maximum Gasteiger partial charge on any atom is 0.320 e. The summed E-state index contributed by atoms with van der Waals surface area (Å²) in [6.07, 6.45) is 0. The van der Waals surface area contributed by atoms with Gasteiger partial charge in [-0.05, 0) is 58.1 Å². The maximum atomic E-state index is 10.5. The summed E-state index contributed by atoms with van der Waals surface area (Å²) in [5, 5.41) is 12.7. The maximum absolute atomic E-state index is 10.5. The minimum atomic E-state index is -0.166. The Balaban J connectivity index is 1.66. The number of benzene rings is 4. The number of phenolic OH excluding ortho intramolecular Hbond substituents is 1. The van der Waals surface area contributed by atoms with Crippen LogP contribution in [-0.4, -0.2) is 26.7 Å². The molecular weight excluding hydrogens is 434 g/mol. The normalized spacial score (nSPS) is 13.5. The van der Waals surface area contributed by atoms with Crippen molar-refractivity contribution in [3.05, 3.63) is 90.0 Å². The zero-order valence-electron chi connectivity index (χ0n) is 19.9. The van der Waals surface area contributed by atoms with Gasteiger partial charge in [0.2, 0.25) is 0 Å². The van der Waals surface area contributed by atoms with Crippen molar-refractivity contribution in [3.8, 4) is 45.7 Å². The third-order valence-corrected chi connectivity index (χ3v) is 6.86. The van der Waals surface area contributed by atoms with Gasteiger partial charge < -0.3 is 9.84 Å². The standard InChI is InChI=1S/C30H25N3O2/c1-4-35-29-32-27(21-14-8-10-16-25(21)34)31-28(33-29)22-17-24-26(19-12-6-5-11-18(19)22)20-13-7-9-15-23(20)30(24,2)3/h5-17,34H,4H2,1-3H3. The number of rotatable bonds is 4. The average Bonchev–Trinajstić information content (AvgIpc) is 3.11. The van der Waals surface area contributed by atoms with Crippen molar-refractivity contribution in [2.45, 2.75) is 26.2 Å². The number of phenols is 1. The van der Waals surface area contributed by atoms with Gasteiger partial charge in [0.05, 0.1) is 12.2 Å². The molecule has 0 saturated heterocycles. The lowest BCUT2D eigenvalue weighted by Crippen LogP contribution is -2.15. The second kappa shape index (κ2) is 7.91. The minimum Gasteiger partial charge on any atom is -0.507 e. The summed E-state index contributed by atoms with van der Waals surface area (Å²) in [4.78, 5) is 14.0. The molecule has 0 saturated carbocycles. The van der Waals surface area contributed by atoms with E-state index in [1.165, 1.54) is 27.6 Å². The van der Waals surface area contributed by atoms with E-state index in [2.05, 4.69) is 67.4 Å². The summed E-state index contributed by atoms with van der Waals surface area (Å²) < 4.78 is 5.72. The fourth-order valence-electron chi connectivity index (χ4n) is 5.19. The molecule has 0 unspecified atom stereocenters. The predicted molar refractivity (Wildman–Crippen MR) is 139 cm³/mol. The molecule has 0 atom stereocenters. The third kappa shape index (κ3) is 3.27. The van der Waals surface area contributed by atoms with Crippen LogP contribution in [0.1, 0.15) is 31.9 Å². The molecule has 1 aliphatic rings. The van der Waals surface area contributed by atoms with Gasteiger partial charge >= 0.3 is 6.01 Å². The molecule has 0 fully saturated rings. The van der Waals surface area contributed by atoms with Crippen LogP contribution in [0, 0.1) is 0 Å². The highest BCUT2D eigenvalue weighted by molar-refractivity contribution is 6.08. The summed E-state index contributed by atoms with van der Waals surface area (Å²) >= 11 is 0. The average molecular weight is 460 g/mol. The number of para-hydroxylation sites is 1. The molecular formula is C30H25N3O2. The highest BCUT2D eigenvalue weighted by atomic mass is 16.5. The van der Waals surface area contributed by atoms with Crippen molar-refractivity contribution in [3.63, 3.8) is 0 Å². The fourth-order valence-corrected chi connectivity index (χ4v) is 5.19. The molecule has 0 bridgehead atoms. The molecule has 35 heavy (non-hydrogen) atoms. The molecule has 1 N–H and O–H groups in total. The van der Waals surface area contributed by atoms with E-state index in [1.54, 1.807) is 18.2 Å². The zero-order chi connectivity index (χ0) is 24.2. The van der Waals surface area contributed by atoms with Crippen LogP contribution in [-0.2, 0) is 5.41 Å². The van der Waals surface area contributed by atoms with Gasteiger partial charge in [0.1, 0.15) is 5.75 Å². The molecule has 0 spiro atoms. The Morgan fingerprint density at radius 2 is 1.34 bits per heavy atom. The lowest BCUT2D eigenvalue weighted by molar-refractivity contribution is 0.312. The van der Waals surface area contributed by atoms with E-state index in [0.29, 0.717) is 23.8 Å². The van der Waals surface area contributed by atoms with Crippen LogP contribution in [0.25, 0.3) is 44.7 Å². The Kier molecular flexibility index (Phi) is 4.81. The molecule has 0 radical (unpaired) electrons. The summed E-state index contributed by atoms with van der Waals surface area (Å²) in [5.74, 6) is 1.01. The lowest BCUT2D eigenvalue weighted by Gasteiger charge is -2.22. The van der Waals surface area contributed by atoms with Gasteiger partial charge in [0, 0.05) is 11.0 Å². The summed E-state index contributed by atoms with van der Waals surface area (Å²) in [6.45, 7) is 6.86. The van der Waals surface area contributed by atoms with Gasteiger partial charge in [-0.15, -0.1) is 0 Å². The molecule has 0 amide bonds. The smallest absolute Gasteiger partial charge is 0.320 e. The van der Waals surface area contributed by atoms with Crippen LogP contribution in [0.15, 0.2) is 78.9 Å². The van der Waals surface area contributed by atoms with Crippen LogP contribution in [0.5, 0.6) is 11.8 Å². The Bertz CT molecular complexity index is 1610. The van der Waals surface area contributed by atoms with E-state index in [9.17, 15) is 5.11 Å². The Morgan fingerprint density at radius 3 is 2.09 bits per heavy atom. The third-order valence-electron chi connectivity index (χ3n) is 6.86. The number of hydrogen-bond acceptors (Lipinski definition) is 5. The van der Waals surface area contributed by atoms with E-state index in [0.717, 1.165) is 10.9 Å². The Labute approximate surface area is 204 Å². The molecule has 0 aliphatic heterocycles. The summed E-state index contributed by atoms with van der Waals surface area (Å²) in [6, 6.07) is 26.5. The van der Waals surface area contributed by atoms with Gasteiger partial charge in [0.25, 0.3) is 0 Å². The van der Waals surface area contributed by atoms with Gasteiger partial charge in [0.15, 0.2) is 11.6 Å². The van der Waals surface area contributed by atoms with E-state index < -0.39 is 0 Å². The van der Waals surface area contributed by atoms with Gasteiger partial charge in [-0.1, -0.05) is 74.5 Å². The van der Waals surface area contributed by atoms with Crippen molar-refractivity contribution >= 4 is 10.8 Å². The molecule has 172 valence electrons. The van der Waals surface area contributed by atoms with Crippen molar-refractivity contribution < 1.29 is 9.84 Å².